The maximum absolute atomic E-state index is 14.2. The van der Waals surface area contributed by atoms with Crippen molar-refractivity contribution in [1.82, 2.24) is 4.98 Å². The maximum Gasteiger partial charge on any atom is 0.573 e. The van der Waals surface area contributed by atoms with Gasteiger partial charge >= 0.3 is 18.5 Å². The molecule has 0 saturated carbocycles. The molecule has 0 fully saturated rings. The molecule has 6 nitrogen and oxygen atoms in total. The third-order valence-corrected chi connectivity index (χ3v) is 3.45. The minimum absolute atomic E-state index is 0.441. The fourth-order valence-corrected chi connectivity index (χ4v) is 2.33. The van der Waals surface area contributed by atoms with Crippen LogP contribution in [0.4, 0.5) is 30.7 Å². The average molecular weight is 429 g/mol. The van der Waals surface area contributed by atoms with Crippen molar-refractivity contribution in [3.63, 3.8) is 0 Å². The molecule has 29 heavy (non-hydrogen) atoms. The number of methoxy groups -OCH3 is 1. The van der Waals surface area contributed by atoms with E-state index in [2.05, 4.69) is 14.5 Å². The summed E-state index contributed by atoms with van der Waals surface area (Å²) < 4.78 is 103. The van der Waals surface area contributed by atoms with E-state index in [9.17, 15) is 40.6 Å². The topological polar surface area (TPSA) is 77.9 Å². The van der Waals surface area contributed by atoms with Crippen molar-refractivity contribution in [2.75, 3.05) is 7.11 Å². The average Bonchev–Trinajstić information content (AvgIpc) is 2.55. The van der Waals surface area contributed by atoms with Crippen molar-refractivity contribution in [1.29, 1.82) is 0 Å². The Morgan fingerprint density at radius 1 is 1.07 bits per heavy atom. The number of carboxylic acids is 1. The Kier molecular flexibility index (Phi) is 5.81. The minimum atomic E-state index is -5.21. The molecule has 0 aliphatic carbocycles. The highest BCUT2D eigenvalue weighted by Gasteiger charge is 2.37. The highest BCUT2D eigenvalue weighted by Crippen LogP contribution is 2.42. The lowest BCUT2D eigenvalue weighted by Gasteiger charge is -2.17. The number of benzene rings is 1. The summed E-state index contributed by atoms with van der Waals surface area (Å²) >= 11 is 0. The van der Waals surface area contributed by atoms with Crippen molar-refractivity contribution in [3.05, 3.63) is 41.0 Å². The largest absolute Gasteiger partial charge is 0.573 e. The first kappa shape index (κ1) is 22.0. The molecule has 1 aromatic carbocycles. The van der Waals surface area contributed by atoms with Gasteiger partial charge in [0.05, 0.1) is 13.3 Å². The number of alkyl halides is 6. The Bertz CT molecular complexity index is 941. The molecule has 2 rings (SSSR count). The first-order valence-electron chi connectivity index (χ1n) is 7.36. The van der Waals surface area contributed by atoms with Gasteiger partial charge in [-0.1, -0.05) is 0 Å². The number of hydrogen-bond donors (Lipinski definition) is 1. The van der Waals surface area contributed by atoms with Crippen LogP contribution in [0, 0.1) is 12.7 Å². The van der Waals surface area contributed by atoms with E-state index < -0.39 is 64.1 Å². The van der Waals surface area contributed by atoms with Gasteiger partial charge in [-0.3, -0.25) is 0 Å². The number of carboxylic acid groups (broad SMARTS) is 1. The van der Waals surface area contributed by atoms with Crippen LogP contribution >= 0.6 is 0 Å². The normalized spacial score (nSPS) is 11.9. The lowest BCUT2D eigenvalue weighted by Crippen LogP contribution is -2.18. The fraction of sp³-hybridized carbons (Fsp3) is 0.250. The maximum atomic E-state index is 14.2. The number of aromatic nitrogens is 1. The molecule has 0 atom stereocenters. The molecule has 0 bridgehead atoms. The summed E-state index contributed by atoms with van der Waals surface area (Å²) in [6.07, 6.45) is -9.72. The second-order valence-corrected chi connectivity index (χ2v) is 5.33. The fourth-order valence-electron chi connectivity index (χ4n) is 2.33. The summed E-state index contributed by atoms with van der Waals surface area (Å²) in [5.41, 5.74) is -3.18. The van der Waals surface area contributed by atoms with Gasteiger partial charge in [-0.05, 0) is 24.6 Å². The number of nitrogens with zero attached hydrogens (tertiary/aromatic N) is 1. The van der Waals surface area contributed by atoms with Gasteiger partial charge in [0.25, 0.3) is 0 Å². The van der Waals surface area contributed by atoms with Gasteiger partial charge in [-0.2, -0.15) is 17.6 Å². The third-order valence-electron chi connectivity index (χ3n) is 3.45. The molecular weight excluding hydrogens is 419 g/mol. The molecule has 13 heteroatoms. The van der Waals surface area contributed by atoms with Crippen molar-refractivity contribution in [2.24, 2.45) is 0 Å². The van der Waals surface area contributed by atoms with E-state index in [0.717, 1.165) is 20.1 Å². The van der Waals surface area contributed by atoms with Crippen molar-refractivity contribution < 1.29 is 54.8 Å². The van der Waals surface area contributed by atoms with Crippen LogP contribution in [0.15, 0.2) is 18.3 Å². The summed E-state index contributed by atoms with van der Waals surface area (Å²) in [6.45, 7) is 0.838. The second-order valence-electron chi connectivity index (χ2n) is 5.33. The van der Waals surface area contributed by atoms with Crippen LogP contribution < -0.4 is 14.2 Å². The SMILES string of the molecule is COc1c(Oc2cnc(C(F)(F)F)c(C)c2C(=O)O)ccc(OC(F)(F)F)c1F. The zero-order valence-electron chi connectivity index (χ0n) is 14.4. The van der Waals surface area contributed by atoms with Crippen LogP contribution in [0.25, 0.3) is 0 Å². The van der Waals surface area contributed by atoms with E-state index in [1.54, 1.807) is 0 Å². The Hall–Kier alpha value is -3.25. The molecule has 0 aliphatic rings. The van der Waals surface area contributed by atoms with E-state index in [1.165, 1.54) is 0 Å². The third kappa shape index (κ3) is 4.78. The number of halogens is 7. The number of aromatic carboxylic acids is 1. The number of hydrogen-bond acceptors (Lipinski definition) is 5. The van der Waals surface area contributed by atoms with Gasteiger partial charge in [0.1, 0.15) is 11.3 Å². The Balaban J connectivity index is 2.55. The molecule has 2 aromatic rings. The number of ether oxygens (including phenoxy) is 3. The smallest absolute Gasteiger partial charge is 0.490 e. The number of pyridine rings is 1. The minimum Gasteiger partial charge on any atom is -0.490 e. The summed E-state index contributed by atoms with van der Waals surface area (Å²) in [4.78, 5) is 14.5. The Morgan fingerprint density at radius 3 is 2.14 bits per heavy atom. The van der Waals surface area contributed by atoms with Crippen LogP contribution in [0.1, 0.15) is 21.6 Å². The second kappa shape index (κ2) is 7.64. The monoisotopic (exact) mass is 429 g/mol. The van der Waals surface area contributed by atoms with Gasteiger partial charge in [-0.25, -0.2) is 9.78 Å². The molecule has 1 N–H and O–H groups in total. The molecule has 0 radical (unpaired) electrons. The molecule has 0 amide bonds. The van der Waals surface area contributed by atoms with Crippen molar-refractivity contribution >= 4 is 5.97 Å². The Labute approximate surface area is 157 Å². The highest BCUT2D eigenvalue weighted by molar-refractivity contribution is 5.93. The number of carbonyl (C=O) groups is 1. The van der Waals surface area contributed by atoms with Gasteiger partial charge in [0.2, 0.25) is 11.6 Å². The molecule has 0 aliphatic heterocycles. The zero-order chi connectivity index (χ0) is 22.1. The van der Waals surface area contributed by atoms with Gasteiger partial charge < -0.3 is 19.3 Å². The zero-order valence-corrected chi connectivity index (χ0v) is 14.4. The lowest BCUT2D eigenvalue weighted by molar-refractivity contribution is -0.275. The van der Waals surface area contributed by atoms with Crippen LogP contribution in [0.5, 0.6) is 23.0 Å². The van der Waals surface area contributed by atoms with Gasteiger partial charge in [0.15, 0.2) is 17.2 Å². The highest BCUT2D eigenvalue weighted by atomic mass is 19.4. The Morgan fingerprint density at radius 2 is 1.66 bits per heavy atom. The van der Waals surface area contributed by atoms with E-state index in [4.69, 9.17) is 4.74 Å². The number of rotatable bonds is 5. The predicted molar refractivity (Wildman–Crippen MR) is 80.6 cm³/mol. The molecule has 0 spiro atoms. The van der Waals surface area contributed by atoms with Crippen LogP contribution in [-0.2, 0) is 6.18 Å². The molecule has 158 valence electrons. The first-order chi connectivity index (χ1) is 13.3. The molecular formula is C16H10F7NO5. The summed E-state index contributed by atoms with van der Waals surface area (Å²) in [5.74, 6) is -6.94. The molecule has 1 heterocycles. The quantitative estimate of drug-likeness (QED) is 0.679. The van der Waals surface area contributed by atoms with Crippen LogP contribution in [0.3, 0.4) is 0 Å². The van der Waals surface area contributed by atoms with Crippen LogP contribution in [-0.4, -0.2) is 29.5 Å². The summed E-state index contributed by atoms with van der Waals surface area (Å²) in [6, 6.07) is 1.27. The lowest BCUT2D eigenvalue weighted by atomic mass is 10.1. The predicted octanol–water partition coefficient (Wildman–Crippen LogP) is 4.95. The standard InChI is InChI=1S/C16H10F7NO5/c1-6-10(14(25)26)9(5-24-13(6)15(18,19)20)28-8-4-3-7(29-16(21,22)23)11(17)12(8)27-2/h3-5H,1-2H3,(H,25,26). The van der Waals surface area contributed by atoms with Crippen molar-refractivity contribution in [2.45, 2.75) is 19.5 Å². The van der Waals surface area contributed by atoms with E-state index >= 15 is 0 Å². The van der Waals surface area contributed by atoms with E-state index in [-0.39, 0.29) is 0 Å². The van der Waals surface area contributed by atoms with Gasteiger partial charge in [-0.15, -0.1) is 13.2 Å². The first-order valence-corrected chi connectivity index (χ1v) is 7.36. The van der Waals surface area contributed by atoms with Crippen molar-refractivity contribution in [3.8, 4) is 23.0 Å². The summed E-state index contributed by atoms with van der Waals surface area (Å²) in [7, 11) is 0.872. The molecule has 1 aromatic heterocycles. The van der Waals surface area contributed by atoms with Gasteiger partial charge in [0, 0.05) is 0 Å². The van der Waals surface area contributed by atoms with E-state index in [1.807, 2.05) is 0 Å². The van der Waals surface area contributed by atoms with E-state index in [0.29, 0.717) is 12.3 Å². The molecule has 0 saturated heterocycles. The van der Waals surface area contributed by atoms with Crippen LogP contribution in [0.2, 0.25) is 0 Å². The summed E-state index contributed by atoms with van der Waals surface area (Å²) in [5, 5.41) is 9.24. The molecule has 0 unspecified atom stereocenters.